The number of hydrogen-bond acceptors (Lipinski definition) is 4. The third-order valence-electron chi connectivity index (χ3n) is 3.34. The molecule has 0 bridgehead atoms. The molecule has 0 atom stereocenters. The monoisotopic (exact) mass is 416 g/mol. The molecule has 0 rings (SSSR count). The van der Waals surface area contributed by atoms with E-state index in [1.165, 1.54) is 0 Å². The molecule has 0 aliphatic heterocycles. The summed E-state index contributed by atoms with van der Waals surface area (Å²) in [6.07, 6.45) is -3.83. The van der Waals surface area contributed by atoms with Crippen molar-refractivity contribution < 1.29 is 54.2 Å². The molecule has 12 heteroatoms. The lowest BCUT2D eigenvalue weighted by Crippen LogP contribution is -2.59. The molecule has 0 spiro atoms. The highest BCUT2D eigenvalue weighted by molar-refractivity contribution is 5.72. The molecule has 0 heterocycles. The van der Waals surface area contributed by atoms with Crippen molar-refractivity contribution in [1.82, 2.24) is 0 Å². The Kier molecular flexibility index (Phi) is 10.0. The highest BCUT2D eigenvalue weighted by Gasteiger charge is 2.75. The largest absolute Gasteiger partial charge is 0.466 e. The molecule has 27 heavy (non-hydrogen) atoms. The lowest BCUT2D eigenvalue weighted by atomic mass is 10.1. The van der Waals surface area contributed by atoms with E-state index in [0.717, 1.165) is 12.8 Å². The molecule has 4 nitrogen and oxygen atoms in total. The van der Waals surface area contributed by atoms with Crippen LogP contribution >= 0.6 is 0 Å². The minimum absolute atomic E-state index is 0.163. The molecular formula is C15H20F8O4. The average molecular weight is 416 g/mol. The normalized spacial score (nSPS) is 13.0. The van der Waals surface area contributed by atoms with Crippen molar-refractivity contribution in [3.63, 3.8) is 0 Å². The Balaban J connectivity index is 4.35. The topological polar surface area (TPSA) is 52.6 Å². The van der Waals surface area contributed by atoms with Crippen molar-refractivity contribution in [2.24, 2.45) is 0 Å². The molecule has 0 aromatic rings. The molecule has 0 N–H and O–H groups in total. The van der Waals surface area contributed by atoms with Gasteiger partial charge in [0.25, 0.3) is 0 Å². The number of hydrogen-bond donors (Lipinski definition) is 0. The molecule has 0 aliphatic carbocycles. The Bertz CT molecular complexity index is 482. The van der Waals surface area contributed by atoms with Crippen LogP contribution in [0.2, 0.25) is 0 Å². The molecule has 0 saturated heterocycles. The van der Waals surface area contributed by atoms with Gasteiger partial charge in [-0.15, -0.1) is 0 Å². The Morgan fingerprint density at radius 1 is 0.852 bits per heavy atom. The molecule has 0 fully saturated rings. The molecule has 0 radical (unpaired) electrons. The van der Waals surface area contributed by atoms with Gasteiger partial charge in [-0.1, -0.05) is 19.8 Å². The first kappa shape index (κ1) is 25.4. The van der Waals surface area contributed by atoms with E-state index in [4.69, 9.17) is 4.74 Å². The van der Waals surface area contributed by atoms with E-state index in [1.54, 1.807) is 0 Å². The highest BCUT2D eigenvalue weighted by Crippen LogP contribution is 2.48. The zero-order valence-electron chi connectivity index (χ0n) is 14.4. The first-order valence-corrected chi connectivity index (χ1v) is 8.02. The van der Waals surface area contributed by atoms with Gasteiger partial charge in [-0.05, 0) is 12.8 Å². The summed E-state index contributed by atoms with van der Waals surface area (Å²) in [5.74, 6) is -20.6. The number of ether oxygens (including phenoxy) is 2. The first-order valence-electron chi connectivity index (χ1n) is 8.02. The number of halogens is 8. The van der Waals surface area contributed by atoms with Gasteiger partial charge in [0.1, 0.15) is 0 Å². The van der Waals surface area contributed by atoms with Gasteiger partial charge < -0.3 is 9.47 Å². The Labute approximate surface area is 150 Å². The Hall–Kier alpha value is -1.62. The van der Waals surface area contributed by atoms with E-state index in [1.807, 2.05) is 6.92 Å². The molecule has 0 aromatic heterocycles. The number of carbonyl (C=O) groups is 2. The van der Waals surface area contributed by atoms with E-state index in [-0.39, 0.29) is 19.4 Å². The molecule has 160 valence electrons. The van der Waals surface area contributed by atoms with Crippen LogP contribution < -0.4 is 0 Å². The zero-order chi connectivity index (χ0) is 21.3. The van der Waals surface area contributed by atoms with Crippen molar-refractivity contribution in [3.05, 3.63) is 0 Å². The van der Waals surface area contributed by atoms with Gasteiger partial charge >= 0.3 is 36.1 Å². The van der Waals surface area contributed by atoms with Crippen molar-refractivity contribution in [1.29, 1.82) is 0 Å². The number of carbonyl (C=O) groups excluding carboxylic acids is 2. The van der Waals surface area contributed by atoms with Crippen LogP contribution in [0.4, 0.5) is 35.1 Å². The maximum Gasteiger partial charge on any atom is 0.381 e. The fourth-order valence-corrected chi connectivity index (χ4v) is 1.70. The second kappa shape index (κ2) is 10.6. The number of unbranched alkanes of at least 4 members (excludes halogenated alkanes) is 2. The second-order valence-corrected chi connectivity index (χ2v) is 5.64. The quantitative estimate of drug-likeness (QED) is 0.250. The zero-order valence-corrected chi connectivity index (χ0v) is 14.4. The van der Waals surface area contributed by atoms with Gasteiger partial charge in [0.05, 0.1) is 6.61 Å². The standard InChI is InChI=1S/C15H20F8O4/c1-2-3-4-8-26-10(24)6-5-7-11(25)27-9-13(18,19)15(22,23)14(20,21)12(16)17/h12H,2-9H2,1H3. The minimum Gasteiger partial charge on any atom is -0.466 e. The fraction of sp³-hybridized carbons (Fsp3) is 0.867. The summed E-state index contributed by atoms with van der Waals surface area (Å²) in [6.45, 7) is -0.416. The summed E-state index contributed by atoms with van der Waals surface area (Å²) in [7, 11) is 0. The lowest BCUT2D eigenvalue weighted by molar-refractivity contribution is -0.344. The van der Waals surface area contributed by atoms with E-state index < -0.39 is 49.2 Å². The first-order chi connectivity index (χ1) is 12.3. The molecule has 0 saturated carbocycles. The fourth-order valence-electron chi connectivity index (χ4n) is 1.70. The van der Waals surface area contributed by atoms with Crippen LogP contribution in [0.5, 0.6) is 0 Å². The summed E-state index contributed by atoms with van der Waals surface area (Å²) in [5, 5.41) is 0. The van der Waals surface area contributed by atoms with Gasteiger partial charge in [-0.3, -0.25) is 9.59 Å². The van der Waals surface area contributed by atoms with Gasteiger partial charge in [-0.25, -0.2) is 8.78 Å². The predicted molar refractivity (Wildman–Crippen MR) is 76.1 cm³/mol. The van der Waals surface area contributed by atoms with Crippen LogP contribution in [-0.2, 0) is 19.1 Å². The number of esters is 2. The van der Waals surface area contributed by atoms with Gasteiger partial charge in [0, 0.05) is 12.8 Å². The van der Waals surface area contributed by atoms with Crippen LogP contribution in [0.3, 0.4) is 0 Å². The molecule has 0 aliphatic rings. The van der Waals surface area contributed by atoms with Crippen LogP contribution in [0.25, 0.3) is 0 Å². The van der Waals surface area contributed by atoms with Crippen LogP contribution in [-0.4, -0.2) is 49.3 Å². The van der Waals surface area contributed by atoms with E-state index in [2.05, 4.69) is 4.74 Å². The second-order valence-electron chi connectivity index (χ2n) is 5.64. The lowest BCUT2D eigenvalue weighted by Gasteiger charge is -2.31. The summed E-state index contributed by atoms with van der Waals surface area (Å²) in [6, 6.07) is 0. The van der Waals surface area contributed by atoms with E-state index in [0.29, 0.717) is 6.42 Å². The molecular weight excluding hydrogens is 396 g/mol. The predicted octanol–water partition coefficient (Wildman–Crippen LogP) is 4.60. The Morgan fingerprint density at radius 3 is 1.85 bits per heavy atom. The van der Waals surface area contributed by atoms with E-state index in [9.17, 15) is 44.7 Å². The SMILES string of the molecule is CCCCCOC(=O)CCCC(=O)OCC(F)(F)C(F)(F)C(F)(F)C(F)F. The van der Waals surface area contributed by atoms with Crippen LogP contribution in [0.1, 0.15) is 45.4 Å². The number of alkyl halides is 8. The minimum atomic E-state index is -6.43. The smallest absolute Gasteiger partial charge is 0.381 e. The maximum absolute atomic E-state index is 13.2. The van der Waals surface area contributed by atoms with Gasteiger partial charge in [-0.2, -0.15) is 26.3 Å². The maximum atomic E-state index is 13.2. The summed E-state index contributed by atoms with van der Waals surface area (Å²) in [5.41, 5.74) is 0. The number of rotatable bonds is 13. The van der Waals surface area contributed by atoms with Gasteiger partial charge in [0.2, 0.25) is 0 Å². The van der Waals surface area contributed by atoms with Crippen LogP contribution in [0, 0.1) is 0 Å². The third kappa shape index (κ3) is 7.49. The van der Waals surface area contributed by atoms with Crippen molar-refractivity contribution in [2.75, 3.05) is 13.2 Å². The summed E-state index contributed by atoms with van der Waals surface area (Å²) in [4.78, 5) is 22.5. The third-order valence-corrected chi connectivity index (χ3v) is 3.34. The van der Waals surface area contributed by atoms with Gasteiger partial charge in [0.15, 0.2) is 6.61 Å². The van der Waals surface area contributed by atoms with E-state index >= 15 is 0 Å². The Morgan fingerprint density at radius 2 is 1.37 bits per heavy atom. The molecule has 0 amide bonds. The summed E-state index contributed by atoms with van der Waals surface area (Å²) >= 11 is 0. The van der Waals surface area contributed by atoms with Crippen molar-refractivity contribution in [3.8, 4) is 0 Å². The highest BCUT2D eigenvalue weighted by atomic mass is 19.4. The average Bonchev–Trinajstić information content (AvgIpc) is 2.56. The summed E-state index contributed by atoms with van der Waals surface area (Å²) < 4.78 is 110. The van der Waals surface area contributed by atoms with Crippen molar-refractivity contribution >= 4 is 11.9 Å². The molecule has 0 unspecified atom stereocenters. The van der Waals surface area contributed by atoms with Crippen molar-refractivity contribution in [2.45, 2.75) is 69.6 Å². The van der Waals surface area contributed by atoms with Crippen LogP contribution in [0.15, 0.2) is 0 Å². The molecule has 0 aromatic carbocycles.